The number of nitrogens with zero attached hydrogens (tertiary/aromatic N) is 1. The molecule has 1 aromatic rings. The van der Waals surface area contributed by atoms with Crippen LogP contribution >= 0.6 is 0 Å². The summed E-state index contributed by atoms with van der Waals surface area (Å²) < 4.78 is 2.40. The Bertz CT molecular complexity index is 286. The predicted molar refractivity (Wildman–Crippen MR) is 69.4 cm³/mol. The Kier molecular flexibility index (Phi) is 9.69. The average molecular weight is 239 g/mol. The van der Waals surface area contributed by atoms with Crippen molar-refractivity contribution in [1.82, 2.24) is 0 Å². The number of halogens is 1. The molecule has 0 unspecified atom stereocenters. The van der Waals surface area contributed by atoms with Crippen LogP contribution in [0.4, 0.5) is 0 Å². The van der Waals surface area contributed by atoms with E-state index in [1.54, 1.807) is 0 Å². The van der Waals surface area contributed by atoms with E-state index in [0.717, 1.165) is 6.42 Å². The van der Waals surface area contributed by atoms with Gasteiger partial charge in [0.25, 0.3) is 0 Å². The average Bonchev–Trinajstić information content (AvgIpc) is 2.34. The fourth-order valence-electron chi connectivity index (χ4n) is 2.11. The molecule has 1 heterocycles. The second-order valence-corrected chi connectivity index (χ2v) is 4.51. The molecule has 0 aliphatic rings. The molecule has 0 spiro atoms. The van der Waals surface area contributed by atoms with Gasteiger partial charge in [0.05, 0.1) is 0 Å². The fraction of sp³-hybridized carbons (Fsp3) is 0.667. The van der Waals surface area contributed by atoms with Gasteiger partial charge in [-0.3, -0.25) is 0 Å². The van der Waals surface area contributed by atoms with Crippen molar-refractivity contribution < 1.29 is 9.27 Å². The SMILES string of the molecule is CCCCCCCC[n+]1ccccc1CC.[F-]. The summed E-state index contributed by atoms with van der Waals surface area (Å²) in [5.41, 5.74) is 1.45. The van der Waals surface area contributed by atoms with Crippen LogP contribution in [0, 0.1) is 0 Å². The molecule has 1 rings (SSSR count). The summed E-state index contributed by atoms with van der Waals surface area (Å²) >= 11 is 0. The smallest absolute Gasteiger partial charge is 0.181 e. The molecular weight excluding hydrogens is 213 g/mol. The number of hydrogen-bond donors (Lipinski definition) is 0. The van der Waals surface area contributed by atoms with Crippen molar-refractivity contribution in [2.45, 2.75) is 65.3 Å². The van der Waals surface area contributed by atoms with E-state index in [9.17, 15) is 0 Å². The molecule has 0 aliphatic carbocycles. The van der Waals surface area contributed by atoms with Gasteiger partial charge in [-0.05, 0) is 6.42 Å². The molecule has 0 bridgehead atoms. The summed E-state index contributed by atoms with van der Waals surface area (Å²) in [6, 6.07) is 6.50. The molecule has 0 radical (unpaired) electrons. The lowest BCUT2D eigenvalue weighted by Gasteiger charge is -2.02. The Morgan fingerprint density at radius 2 is 1.65 bits per heavy atom. The molecule has 17 heavy (non-hydrogen) atoms. The van der Waals surface area contributed by atoms with Crippen molar-refractivity contribution in [2.24, 2.45) is 0 Å². The Labute approximate surface area is 105 Å². The standard InChI is InChI=1S/C15H26N.FH/c1-3-5-6-7-8-10-13-16-14-11-9-12-15(16)4-2;/h9,11-12,14H,3-8,10,13H2,1-2H3;1H/q+1;/p-1. The number of unbranched alkanes of at least 4 members (excludes halogenated alkanes) is 5. The van der Waals surface area contributed by atoms with E-state index >= 15 is 0 Å². The van der Waals surface area contributed by atoms with Crippen molar-refractivity contribution in [3.8, 4) is 0 Å². The highest BCUT2D eigenvalue weighted by atomic mass is 19.0. The zero-order valence-corrected chi connectivity index (χ0v) is 11.3. The molecule has 0 amide bonds. The molecule has 0 aromatic carbocycles. The van der Waals surface area contributed by atoms with Gasteiger partial charge in [-0.15, -0.1) is 0 Å². The van der Waals surface area contributed by atoms with Crippen LogP contribution in [0.1, 0.15) is 58.1 Å². The summed E-state index contributed by atoms with van der Waals surface area (Å²) in [7, 11) is 0. The van der Waals surface area contributed by atoms with Crippen LogP contribution in [-0.2, 0) is 13.0 Å². The molecule has 1 aromatic heterocycles. The van der Waals surface area contributed by atoms with Gasteiger partial charge >= 0.3 is 0 Å². The number of aryl methyl sites for hydroxylation is 2. The summed E-state index contributed by atoms with van der Waals surface area (Å²) in [4.78, 5) is 0. The van der Waals surface area contributed by atoms with Gasteiger partial charge in [0.1, 0.15) is 6.54 Å². The maximum atomic E-state index is 2.40. The third-order valence-corrected chi connectivity index (χ3v) is 3.15. The Balaban J connectivity index is 0.00000256. The molecule has 0 saturated heterocycles. The molecule has 98 valence electrons. The van der Waals surface area contributed by atoms with Gasteiger partial charge < -0.3 is 4.70 Å². The lowest BCUT2D eigenvalue weighted by molar-refractivity contribution is -0.704. The van der Waals surface area contributed by atoms with E-state index in [-0.39, 0.29) is 4.70 Å². The van der Waals surface area contributed by atoms with E-state index in [2.05, 4.69) is 42.8 Å². The minimum atomic E-state index is 0. The third kappa shape index (κ3) is 6.40. The first-order valence-corrected chi connectivity index (χ1v) is 6.85. The van der Waals surface area contributed by atoms with Crippen molar-refractivity contribution in [1.29, 1.82) is 0 Å². The van der Waals surface area contributed by atoms with Gasteiger partial charge in [0.15, 0.2) is 11.9 Å². The Morgan fingerprint density at radius 1 is 0.941 bits per heavy atom. The van der Waals surface area contributed by atoms with Gasteiger partial charge in [-0.2, -0.15) is 0 Å². The fourth-order valence-corrected chi connectivity index (χ4v) is 2.11. The molecular formula is C15H26FN. The number of aromatic nitrogens is 1. The quantitative estimate of drug-likeness (QED) is 0.469. The minimum Gasteiger partial charge on any atom is -1.00 e. The normalized spacial score (nSPS) is 10.0. The van der Waals surface area contributed by atoms with Crippen LogP contribution in [0.15, 0.2) is 24.4 Å². The lowest BCUT2D eigenvalue weighted by Crippen LogP contribution is -3.00. The van der Waals surface area contributed by atoms with Crippen molar-refractivity contribution >= 4 is 0 Å². The van der Waals surface area contributed by atoms with Crippen LogP contribution in [0.5, 0.6) is 0 Å². The highest BCUT2D eigenvalue weighted by molar-refractivity contribution is 4.96. The number of rotatable bonds is 8. The summed E-state index contributed by atoms with van der Waals surface area (Å²) in [6.07, 6.45) is 11.6. The third-order valence-electron chi connectivity index (χ3n) is 3.15. The summed E-state index contributed by atoms with van der Waals surface area (Å²) in [5, 5.41) is 0. The first kappa shape index (κ1) is 16.1. The molecule has 0 fully saturated rings. The maximum absolute atomic E-state index is 2.40. The Morgan fingerprint density at radius 3 is 2.35 bits per heavy atom. The number of pyridine rings is 1. The summed E-state index contributed by atoms with van der Waals surface area (Å²) in [6.45, 7) is 5.69. The van der Waals surface area contributed by atoms with E-state index in [0.29, 0.717) is 0 Å². The Hall–Kier alpha value is -0.920. The van der Waals surface area contributed by atoms with E-state index < -0.39 is 0 Å². The van der Waals surface area contributed by atoms with Crippen LogP contribution < -0.4 is 9.27 Å². The van der Waals surface area contributed by atoms with Gasteiger partial charge in [-0.25, -0.2) is 4.57 Å². The lowest BCUT2D eigenvalue weighted by atomic mass is 10.1. The molecule has 2 heteroatoms. The maximum Gasteiger partial charge on any atom is 0.181 e. The molecule has 0 atom stereocenters. The largest absolute Gasteiger partial charge is 1.00 e. The van der Waals surface area contributed by atoms with Crippen LogP contribution in [-0.4, -0.2) is 0 Å². The number of hydrogen-bond acceptors (Lipinski definition) is 0. The van der Waals surface area contributed by atoms with Crippen LogP contribution in [0.3, 0.4) is 0 Å². The first-order valence-electron chi connectivity index (χ1n) is 6.85. The monoisotopic (exact) mass is 239 g/mol. The van der Waals surface area contributed by atoms with Gasteiger partial charge in [0, 0.05) is 25.0 Å². The van der Waals surface area contributed by atoms with E-state index in [1.165, 1.54) is 50.8 Å². The highest BCUT2D eigenvalue weighted by Crippen LogP contribution is 2.05. The summed E-state index contributed by atoms with van der Waals surface area (Å²) in [5.74, 6) is 0. The van der Waals surface area contributed by atoms with E-state index in [1.807, 2.05) is 0 Å². The second-order valence-electron chi connectivity index (χ2n) is 4.51. The molecule has 0 saturated carbocycles. The minimum absolute atomic E-state index is 0. The zero-order chi connectivity index (χ0) is 11.6. The van der Waals surface area contributed by atoms with Crippen LogP contribution in [0.2, 0.25) is 0 Å². The van der Waals surface area contributed by atoms with Crippen molar-refractivity contribution in [3.63, 3.8) is 0 Å². The van der Waals surface area contributed by atoms with Crippen molar-refractivity contribution in [2.75, 3.05) is 0 Å². The molecule has 0 aliphatic heterocycles. The van der Waals surface area contributed by atoms with Crippen molar-refractivity contribution in [3.05, 3.63) is 30.1 Å². The second kappa shape index (κ2) is 10.2. The first-order chi connectivity index (χ1) is 7.88. The molecule has 0 N–H and O–H groups in total. The zero-order valence-electron chi connectivity index (χ0n) is 11.3. The predicted octanol–water partition coefficient (Wildman–Crippen LogP) is 0.901. The molecule has 1 nitrogen and oxygen atoms in total. The van der Waals surface area contributed by atoms with E-state index in [4.69, 9.17) is 0 Å². The topological polar surface area (TPSA) is 3.88 Å². The van der Waals surface area contributed by atoms with Gasteiger partial charge in [-0.1, -0.05) is 45.6 Å². The highest BCUT2D eigenvalue weighted by Gasteiger charge is 2.05. The van der Waals surface area contributed by atoms with Gasteiger partial charge in [0.2, 0.25) is 0 Å². The van der Waals surface area contributed by atoms with Crippen LogP contribution in [0.25, 0.3) is 0 Å².